The summed E-state index contributed by atoms with van der Waals surface area (Å²) in [5.74, 6) is 0.149. The smallest absolute Gasteiger partial charge is 0.417 e. The van der Waals surface area contributed by atoms with E-state index in [0.29, 0.717) is 31.8 Å². The van der Waals surface area contributed by atoms with Crippen molar-refractivity contribution in [3.05, 3.63) is 22.6 Å². The zero-order valence-corrected chi connectivity index (χ0v) is 18.6. The molecule has 0 spiro atoms. The monoisotopic (exact) mass is 470 g/mol. The highest BCUT2D eigenvalue weighted by molar-refractivity contribution is 7.17. The lowest BCUT2D eigenvalue weighted by Crippen LogP contribution is -2.45. The minimum Gasteiger partial charge on any atom is -0.446 e. The molecule has 1 aliphatic carbocycles. The molecule has 0 unspecified atom stereocenters. The van der Waals surface area contributed by atoms with Crippen LogP contribution in [0.3, 0.4) is 0 Å². The third-order valence-corrected chi connectivity index (χ3v) is 7.01. The van der Waals surface area contributed by atoms with Crippen molar-refractivity contribution in [3.63, 3.8) is 0 Å². The van der Waals surface area contributed by atoms with Gasteiger partial charge in [0.1, 0.15) is 11.9 Å². The maximum atomic E-state index is 13.7. The normalized spacial score (nSPS) is 18.5. The number of carbonyl (C=O) groups is 2. The molecular formula is C21H25F3N4O3S. The van der Waals surface area contributed by atoms with Crippen molar-refractivity contribution in [1.82, 2.24) is 15.6 Å². The standard InChI is InChI=1S/C21H25F3N4O3S/c1-11(12-3-4-12)31-20(30)26-13-5-7-28(8-6-13)16-9-15(21(22,23)24)18-17(27-16)14(10-32-18)19(29)25-2/h9-13H,3-8H2,1-2H3,(H,25,29)(H,26,30)/t11-/m1/s1. The van der Waals surface area contributed by atoms with E-state index in [1.165, 1.54) is 12.4 Å². The number of anilines is 1. The summed E-state index contributed by atoms with van der Waals surface area (Å²) in [6.07, 6.45) is -1.85. The van der Waals surface area contributed by atoms with Crippen LogP contribution in [0.2, 0.25) is 0 Å². The molecule has 1 saturated carbocycles. The van der Waals surface area contributed by atoms with Crippen LogP contribution >= 0.6 is 11.3 Å². The van der Waals surface area contributed by atoms with Crippen LogP contribution < -0.4 is 15.5 Å². The van der Waals surface area contributed by atoms with E-state index in [4.69, 9.17) is 4.74 Å². The summed E-state index contributed by atoms with van der Waals surface area (Å²) in [6, 6.07) is 0.935. The first-order chi connectivity index (χ1) is 15.2. The molecule has 1 atom stereocenters. The number of alkyl carbamates (subject to hydrolysis) is 1. The Hall–Kier alpha value is -2.56. The van der Waals surface area contributed by atoms with Gasteiger partial charge in [0.15, 0.2) is 0 Å². The first-order valence-electron chi connectivity index (χ1n) is 10.6. The van der Waals surface area contributed by atoms with Gasteiger partial charge >= 0.3 is 12.3 Å². The van der Waals surface area contributed by atoms with Gasteiger partial charge in [0.25, 0.3) is 5.91 Å². The number of aromatic nitrogens is 1. The van der Waals surface area contributed by atoms with E-state index < -0.39 is 23.7 Å². The summed E-state index contributed by atoms with van der Waals surface area (Å²) in [5.41, 5.74) is -0.614. The maximum Gasteiger partial charge on any atom is 0.417 e. The molecule has 0 radical (unpaired) electrons. The summed E-state index contributed by atoms with van der Waals surface area (Å²) in [6.45, 7) is 2.74. The van der Waals surface area contributed by atoms with E-state index in [2.05, 4.69) is 15.6 Å². The number of carbonyl (C=O) groups excluding carboxylic acids is 2. The molecule has 1 aliphatic heterocycles. The molecule has 3 heterocycles. The van der Waals surface area contributed by atoms with Gasteiger partial charge in [-0.3, -0.25) is 4.79 Å². The maximum absolute atomic E-state index is 13.7. The van der Waals surface area contributed by atoms with Gasteiger partial charge in [-0.15, -0.1) is 11.3 Å². The Bertz CT molecular complexity index is 1010. The van der Waals surface area contributed by atoms with Crippen LogP contribution in [0.15, 0.2) is 11.4 Å². The van der Waals surface area contributed by atoms with Gasteiger partial charge in [-0.05, 0) is 44.6 Å². The second-order valence-corrected chi connectivity index (χ2v) is 9.17. The average Bonchev–Trinajstić information content (AvgIpc) is 3.52. The topological polar surface area (TPSA) is 83.6 Å². The number of amides is 2. The molecule has 2 aliphatic rings. The van der Waals surface area contributed by atoms with Gasteiger partial charge in [-0.2, -0.15) is 13.2 Å². The largest absolute Gasteiger partial charge is 0.446 e. The molecule has 2 amide bonds. The molecule has 4 rings (SSSR count). The van der Waals surface area contributed by atoms with Gasteiger partial charge < -0.3 is 20.3 Å². The highest BCUT2D eigenvalue weighted by Gasteiger charge is 2.36. The molecular weight excluding hydrogens is 445 g/mol. The molecule has 2 aromatic heterocycles. The molecule has 1 saturated heterocycles. The first kappa shape index (κ1) is 22.6. The number of rotatable bonds is 5. The highest BCUT2D eigenvalue weighted by atomic mass is 32.1. The Labute approximate surface area is 187 Å². The summed E-state index contributed by atoms with van der Waals surface area (Å²) in [4.78, 5) is 30.4. The predicted molar refractivity (Wildman–Crippen MR) is 115 cm³/mol. The third kappa shape index (κ3) is 4.77. The van der Waals surface area contributed by atoms with Crippen molar-refractivity contribution in [1.29, 1.82) is 0 Å². The number of nitrogens with one attached hydrogen (secondary N) is 2. The van der Waals surface area contributed by atoms with Gasteiger partial charge in [-0.25, -0.2) is 9.78 Å². The number of alkyl halides is 3. The van der Waals surface area contributed by atoms with Gasteiger partial charge in [0.2, 0.25) is 0 Å². The molecule has 0 aromatic carbocycles. The van der Waals surface area contributed by atoms with E-state index in [1.807, 2.05) is 6.92 Å². The van der Waals surface area contributed by atoms with E-state index in [-0.39, 0.29) is 33.7 Å². The van der Waals surface area contributed by atoms with Crippen molar-refractivity contribution in [3.8, 4) is 0 Å². The fourth-order valence-electron chi connectivity index (χ4n) is 3.95. The van der Waals surface area contributed by atoms with Gasteiger partial charge in [-0.1, -0.05) is 0 Å². The van der Waals surface area contributed by atoms with Crippen LogP contribution in [0.4, 0.5) is 23.8 Å². The molecule has 32 heavy (non-hydrogen) atoms. The Morgan fingerprint density at radius 2 is 1.94 bits per heavy atom. The van der Waals surface area contributed by atoms with Crippen molar-refractivity contribution < 1.29 is 27.5 Å². The second kappa shape index (κ2) is 8.76. The third-order valence-electron chi connectivity index (χ3n) is 6.01. The predicted octanol–water partition coefficient (Wildman–Crippen LogP) is 4.17. The number of thiophene rings is 1. The highest BCUT2D eigenvalue weighted by Crippen LogP contribution is 2.40. The molecule has 174 valence electrons. The Morgan fingerprint density at radius 3 is 2.53 bits per heavy atom. The molecule has 2 fully saturated rings. The number of fused-ring (bicyclic) bond motifs is 1. The number of hydrogen-bond donors (Lipinski definition) is 2. The van der Waals surface area contributed by atoms with Crippen LogP contribution in [0, 0.1) is 5.92 Å². The van der Waals surface area contributed by atoms with Gasteiger partial charge in [0.05, 0.1) is 21.3 Å². The Balaban J connectivity index is 1.49. The number of hydrogen-bond acceptors (Lipinski definition) is 6. The van der Waals surface area contributed by atoms with E-state index in [1.54, 1.807) is 4.90 Å². The molecule has 0 bridgehead atoms. The average molecular weight is 471 g/mol. The number of piperidine rings is 1. The summed E-state index contributed by atoms with van der Waals surface area (Å²) < 4.78 is 46.5. The zero-order valence-electron chi connectivity index (χ0n) is 17.8. The van der Waals surface area contributed by atoms with Gasteiger partial charge in [0, 0.05) is 31.6 Å². The molecule has 11 heteroatoms. The number of pyridine rings is 1. The minimum atomic E-state index is -4.57. The van der Waals surface area contributed by atoms with Crippen molar-refractivity contribution in [2.45, 2.75) is 50.9 Å². The van der Waals surface area contributed by atoms with E-state index in [0.717, 1.165) is 30.2 Å². The molecule has 7 nitrogen and oxygen atoms in total. The second-order valence-electron chi connectivity index (χ2n) is 8.29. The molecule has 2 aromatic rings. The van der Waals surface area contributed by atoms with E-state index >= 15 is 0 Å². The summed E-state index contributed by atoms with van der Waals surface area (Å²) in [7, 11) is 1.43. The van der Waals surface area contributed by atoms with Crippen molar-refractivity contribution in [2.75, 3.05) is 25.0 Å². The van der Waals surface area contributed by atoms with Crippen molar-refractivity contribution in [2.24, 2.45) is 5.92 Å². The fraction of sp³-hybridized carbons (Fsp3) is 0.571. The number of nitrogens with zero attached hydrogens (tertiary/aromatic N) is 2. The van der Waals surface area contributed by atoms with Crippen molar-refractivity contribution >= 4 is 39.4 Å². The lowest BCUT2D eigenvalue weighted by molar-refractivity contribution is -0.136. The Morgan fingerprint density at radius 1 is 1.25 bits per heavy atom. The van der Waals surface area contributed by atoms with Crippen LogP contribution in [0.1, 0.15) is 48.5 Å². The Kier molecular flexibility index (Phi) is 6.19. The van der Waals surface area contributed by atoms with Crippen LogP contribution in [0.25, 0.3) is 10.2 Å². The number of halogens is 3. The SMILES string of the molecule is CNC(=O)c1csc2c(C(F)(F)F)cc(N3CCC(NC(=O)O[C@H](C)C4CC4)CC3)nc12. The van der Waals surface area contributed by atoms with Crippen LogP contribution in [0.5, 0.6) is 0 Å². The lowest BCUT2D eigenvalue weighted by atomic mass is 10.0. The molecule has 2 N–H and O–H groups in total. The number of ether oxygens (including phenoxy) is 1. The van der Waals surface area contributed by atoms with Crippen LogP contribution in [-0.4, -0.2) is 49.3 Å². The fourth-order valence-corrected chi connectivity index (χ4v) is 4.97. The van der Waals surface area contributed by atoms with E-state index in [9.17, 15) is 22.8 Å². The van der Waals surface area contributed by atoms with Crippen LogP contribution in [-0.2, 0) is 10.9 Å². The lowest BCUT2D eigenvalue weighted by Gasteiger charge is -2.33. The first-order valence-corrected chi connectivity index (χ1v) is 11.5. The zero-order chi connectivity index (χ0) is 23.0. The quantitative estimate of drug-likeness (QED) is 0.686. The summed E-state index contributed by atoms with van der Waals surface area (Å²) in [5, 5.41) is 6.71. The minimum absolute atomic E-state index is 0.0519. The summed E-state index contributed by atoms with van der Waals surface area (Å²) >= 11 is 0.862.